The molecule has 2 aromatic heterocycles. The fourth-order valence-corrected chi connectivity index (χ4v) is 3.39. The Labute approximate surface area is 129 Å². The molecule has 0 aliphatic carbocycles. The maximum atomic E-state index is 12.1. The largest absolute Gasteiger partial charge is 0.354 e. The van der Waals surface area contributed by atoms with Crippen LogP contribution in [0.15, 0.2) is 29.4 Å². The minimum Gasteiger partial charge on any atom is -0.354 e. The van der Waals surface area contributed by atoms with Gasteiger partial charge in [0.2, 0.25) is 10.0 Å². The van der Waals surface area contributed by atoms with Gasteiger partial charge in [0.15, 0.2) is 5.82 Å². The molecule has 1 fully saturated rings. The minimum atomic E-state index is -3.48. The average molecular weight is 322 g/mol. The highest BCUT2D eigenvalue weighted by Crippen LogP contribution is 2.22. The topological polar surface area (TPSA) is 93.0 Å². The van der Waals surface area contributed by atoms with Crippen molar-refractivity contribution in [3.63, 3.8) is 0 Å². The molecule has 1 N–H and O–H groups in total. The van der Waals surface area contributed by atoms with Crippen molar-refractivity contribution >= 4 is 15.8 Å². The number of anilines is 1. The van der Waals surface area contributed by atoms with Gasteiger partial charge in [0.05, 0.1) is 11.9 Å². The second-order valence-electron chi connectivity index (χ2n) is 5.51. The Hall–Kier alpha value is -2.00. The fourth-order valence-electron chi connectivity index (χ4n) is 2.30. The molecule has 0 spiro atoms. The predicted molar refractivity (Wildman–Crippen MR) is 80.9 cm³/mol. The molecule has 0 saturated carbocycles. The summed E-state index contributed by atoms with van der Waals surface area (Å²) in [5.41, 5.74) is 0.880. The van der Waals surface area contributed by atoms with Gasteiger partial charge in [0.25, 0.3) is 0 Å². The van der Waals surface area contributed by atoms with Gasteiger partial charge in [-0.05, 0) is 19.1 Å². The fraction of sp³-hybridized carbons (Fsp3) is 0.462. The number of nitrogens with one attached hydrogen (secondary N) is 1. The van der Waals surface area contributed by atoms with Gasteiger partial charge < -0.3 is 4.90 Å². The predicted octanol–water partition coefficient (Wildman–Crippen LogP) is -0.0668. The zero-order valence-corrected chi connectivity index (χ0v) is 13.3. The van der Waals surface area contributed by atoms with E-state index in [-0.39, 0.29) is 10.8 Å². The number of hydrogen-bond acceptors (Lipinski definition) is 6. The van der Waals surface area contributed by atoms with Gasteiger partial charge in [-0.25, -0.2) is 13.1 Å². The maximum Gasteiger partial charge on any atom is 0.243 e. The number of aryl methyl sites for hydroxylation is 2. The third-order valence-corrected chi connectivity index (χ3v) is 5.00. The van der Waals surface area contributed by atoms with Crippen molar-refractivity contribution in [3.05, 3.63) is 30.2 Å². The van der Waals surface area contributed by atoms with Crippen LogP contribution in [0.25, 0.3) is 0 Å². The van der Waals surface area contributed by atoms with Crippen LogP contribution >= 0.6 is 0 Å². The zero-order valence-electron chi connectivity index (χ0n) is 12.5. The SMILES string of the molecule is Cc1ccc(N2CC(CNS(=O)(=O)c3cnn(C)c3)C2)nn1. The van der Waals surface area contributed by atoms with Crippen molar-refractivity contribution in [2.75, 3.05) is 24.5 Å². The summed E-state index contributed by atoms with van der Waals surface area (Å²) in [5, 5.41) is 12.0. The molecule has 3 heterocycles. The van der Waals surface area contributed by atoms with E-state index in [1.807, 2.05) is 19.1 Å². The third-order valence-electron chi connectivity index (χ3n) is 3.62. The van der Waals surface area contributed by atoms with Crippen LogP contribution in [-0.4, -0.2) is 48.0 Å². The van der Waals surface area contributed by atoms with E-state index >= 15 is 0 Å². The average Bonchev–Trinajstić information content (AvgIpc) is 2.86. The van der Waals surface area contributed by atoms with Crippen molar-refractivity contribution < 1.29 is 8.42 Å². The highest BCUT2D eigenvalue weighted by molar-refractivity contribution is 7.89. The lowest BCUT2D eigenvalue weighted by Crippen LogP contribution is -2.51. The van der Waals surface area contributed by atoms with Crippen LogP contribution in [0.1, 0.15) is 5.69 Å². The van der Waals surface area contributed by atoms with E-state index in [2.05, 4.69) is 24.9 Å². The van der Waals surface area contributed by atoms with E-state index in [1.165, 1.54) is 17.1 Å². The van der Waals surface area contributed by atoms with Gasteiger partial charge in [-0.1, -0.05) is 0 Å². The Morgan fingerprint density at radius 2 is 2.09 bits per heavy atom. The van der Waals surface area contributed by atoms with Crippen molar-refractivity contribution in [1.29, 1.82) is 0 Å². The van der Waals surface area contributed by atoms with Crippen molar-refractivity contribution in [1.82, 2.24) is 24.7 Å². The van der Waals surface area contributed by atoms with E-state index < -0.39 is 10.0 Å². The first kappa shape index (κ1) is 14.9. The van der Waals surface area contributed by atoms with Gasteiger partial charge in [-0.2, -0.15) is 10.2 Å². The molecule has 0 bridgehead atoms. The Kier molecular flexibility index (Phi) is 3.83. The highest BCUT2D eigenvalue weighted by Gasteiger charge is 2.29. The first-order valence-corrected chi connectivity index (χ1v) is 8.46. The molecule has 22 heavy (non-hydrogen) atoms. The summed E-state index contributed by atoms with van der Waals surface area (Å²) in [7, 11) is -1.79. The molecule has 118 valence electrons. The minimum absolute atomic E-state index is 0.190. The Morgan fingerprint density at radius 1 is 1.32 bits per heavy atom. The van der Waals surface area contributed by atoms with Gasteiger partial charge in [0.1, 0.15) is 4.90 Å². The number of rotatable bonds is 5. The Balaban J connectivity index is 1.51. The standard InChI is InChI=1S/C13H18N6O2S/c1-10-3-4-13(17-16-10)19-7-11(8-19)5-15-22(20,21)12-6-14-18(2)9-12/h3-4,6,9,11,15H,5,7-8H2,1-2H3. The third kappa shape index (κ3) is 3.09. The molecule has 0 aromatic carbocycles. The smallest absolute Gasteiger partial charge is 0.243 e. The number of nitrogens with zero attached hydrogens (tertiary/aromatic N) is 5. The van der Waals surface area contributed by atoms with Crippen LogP contribution < -0.4 is 9.62 Å². The molecule has 1 aliphatic rings. The summed E-state index contributed by atoms with van der Waals surface area (Å²) < 4.78 is 28.3. The van der Waals surface area contributed by atoms with E-state index in [0.29, 0.717) is 6.54 Å². The lowest BCUT2D eigenvalue weighted by atomic mass is 10.0. The van der Waals surface area contributed by atoms with Crippen molar-refractivity contribution in [2.24, 2.45) is 13.0 Å². The molecule has 3 rings (SSSR count). The van der Waals surface area contributed by atoms with Crippen LogP contribution in [0, 0.1) is 12.8 Å². The molecule has 9 heteroatoms. The van der Waals surface area contributed by atoms with E-state index in [0.717, 1.165) is 24.6 Å². The molecule has 1 aliphatic heterocycles. The summed E-state index contributed by atoms with van der Waals surface area (Å²) in [6, 6.07) is 3.85. The lowest BCUT2D eigenvalue weighted by molar-refractivity contribution is 0.402. The first-order chi connectivity index (χ1) is 10.4. The summed E-state index contributed by atoms with van der Waals surface area (Å²) in [4.78, 5) is 2.27. The second kappa shape index (κ2) is 5.65. The number of hydrogen-bond donors (Lipinski definition) is 1. The van der Waals surface area contributed by atoms with Crippen LogP contribution in [0.3, 0.4) is 0 Å². The molecule has 1 saturated heterocycles. The summed E-state index contributed by atoms with van der Waals surface area (Å²) >= 11 is 0. The van der Waals surface area contributed by atoms with Crippen molar-refractivity contribution in [2.45, 2.75) is 11.8 Å². The maximum absolute atomic E-state index is 12.1. The van der Waals surface area contributed by atoms with Gasteiger partial charge in [0, 0.05) is 38.8 Å². The van der Waals surface area contributed by atoms with E-state index in [4.69, 9.17) is 0 Å². The first-order valence-electron chi connectivity index (χ1n) is 6.97. The molecule has 0 radical (unpaired) electrons. The molecule has 0 amide bonds. The number of sulfonamides is 1. The van der Waals surface area contributed by atoms with E-state index in [1.54, 1.807) is 7.05 Å². The van der Waals surface area contributed by atoms with Crippen LogP contribution in [0.4, 0.5) is 5.82 Å². The van der Waals surface area contributed by atoms with Gasteiger partial charge >= 0.3 is 0 Å². The van der Waals surface area contributed by atoms with Gasteiger partial charge in [-0.3, -0.25) is 4.68 Å². The van der Waals surface area contributed by atoms with Crippen LogP contribution in [0.5, 0.6) is 0 Å². The molecule has 0 atom stereocenters. The number of aromatic nitrogens is 4. The molecule has 8 nitrogen and oxygen atoms in total. The van der Waals surface area contributed by atoms with Crippen LogP contribution in [-0.2, 0) is 17.1 Å². The van der Waals surface area contributed by atoms with Crippen molar-refractivity contribution in [3.8, 4) is 0 Å². The summed E-state index contributed by atoms with van der Waals surface area (Å²) in [6.07, 6.45) is 2.83. The molecular formula is C13H18N6O2S. The second-order valence-corrected chi connectivity index (χ2v) is 7.27. The molecular weight excluding hydrogens is 304 g/mol. The quantitative estimate of drug-likeness (QED) is 0.828. The Bertz CT molecular complexity index is 749. The highest BCUT2D eigenvalue weighted by atomic mass is 32.2. The molecule has 2 aromatic rings. The monoisotopic (exact) mass is 322 g/mol. The normalized spacial score (nSPS) is 15.8. The lowest BCUT2D eigenvalue weighted by Gasteiger charge is -2.39. The van der Waals surface area contributed by atoms with Crippen LogP contribution in [0.2, 0.25) is 0 Å². The molecule has 0 unspecified atom stereocenters. The Morgan fingerprint density at radius 3 is 2.68 bits per heavy atom. The van der Waals surface area contributed by atoms with Gasteiger partial charge in [-0.15, -0.1) is 5.10 Å². The zero-order chi connectivity index (χ0) is 15.7. The summed E-state index contributed by atoms with van der Waals surface area (Å²) in [5.74, 6) is 1.10. The summed E-state index contributed by atoms with van der Waals surface area (Å²) in [6.45, 7) is 3.84. The van der Waals surface area contributed by atoms with E-state index in [9.17, 15) is 8.42 Å².